The van der Waals surface area contributed by atoms with Crippen LogP contribution in [0.2, 0.25) is 0 Å². The first-order valence-corrected chi connectivity index (χ1v) is 14.9. The van der Waals surface area contributed by atoms with E-state index in [9.17, 15) is 13.2 Å². The molecule has 0 aromatic carbocycles. The van der Waals surface area contributed by atoms with E-state index in [0.717, 1.165) is 13.0 Å². The molecule has 212 valence electrons. The number of piperazine rings is 1. The van der Waals surface area contributed by atoms with E-state index in [1.807, 2.05) is 13.8 Å². The Bertz CT molecular complexity index is 1680. The standard InChI is InChI=1S/C26H33N9O4S/c1-5-9-20-21-22(35(31-20)26-27-10-8-11-28-26)25(36)32(4)23(30-21)19-16-18(17-29-24(19)39-7-3)40(37,38)34-14-12-33(6-2)13-15-34/h8,10-11,16-17H,5-7,9,12-15H2,1-4H3. The molecule has 0 bridgehead atoms. The number of ether oxygens (including phenoxy) is 1. The summed E-state index contributed by atoms with van der Waals surface area (Å²) in [5.74, 6) is 0.677. The summed E-state index contributed by atoms with van der Waals surface area (Å²) < 4.78 is 37.2. The summed E-state index contributed by atoms with van der Waals surface area (Å²) >= 11 is 0. The second-order valence-electron chi connectivity index (χ2n) is 9.45. The van der Waals surface area contributed by atoms with Gasteiger partial charge in [-0.15, -0.1) is 0 Å². The van der Waals surface area contributed by atoms with Crippen molar-refractivity contribution in [3.63, 3.8) is 0 Å². The minimum atomic E-state index is -3.83. The van der Waals surface area contributed by atoms with Gasteiger partial charge in [-0.05, 0) is 32.0 Å². The highest BCUT2D eigenvalue weighted by Crippen LogP contribution is 2.31. The van der Waals surface area contributed by atoms with Crippen molar-refractivity contribution in [3.8, 4) is 23.2 Å². The van der Waals surface area contributed by atoms with Crippen LogP contribution in [0.25, 0.3) is 28.4 Å². The van der Waals surface area contributed by atoms with Gasteiger partial charge in [-0.2, -0.15) is 14.1 Å². The van der Waals surface area contributed by atoms with Crippen molar-refractivity contribution < 1.29 is 13.2 Å². The monoisotopic (exact) mass is 567 g/mol. The van der Waals surface area contributed by atoms with E-state index >= 15 is 0 Å². The zero-order valence-electron chi connectivity index (χ0n) is 23.1. The van der Waals surface area contributed by atoms with Gasteiger partial charge in [0.1, 0.15) is 16.2 Å². The van der Waals surface area contributed by atoms with Gasteiger partial charge in [0.2, 0.25) is 15.9 Å². The molecule has 0 aliphatic carbocycles. The van der Waals surface area contributed by atoms with E-state index in [1.54, 1.807) is 25.5 Å². The van der Waals surface area contributed by atoms with Gasteiger partial charge in [-0.3, -0.25) is 9.36 Å². The Hall–Kier alpha value is -3.75. The van der Waals surface area contributed by atoms with E-state index in [1.165, 1.54) is 25.8 Å². The average molecular weight is 568 g/mol. The van der Waals surface area contributed by atoms with Crippen LogP contribution in [0.5, 0.6) is 5.88 Å². The van der Waals surface area contributed by atoms with E-state index < -0.39 is 10.0 Å². The molecule has 14 heteroatoms. The van der Waals surface area contributed by atoms with Crippen LogP contribution in [0, 0.1) is 0 Å². The molecule has 4 aromatic heterocycles. The minimum Gasteiger partial charge on any atom is -0.477 e. The number of fused-ring (bicyclic) bond motifs is 1. The SMILES string of the molecule is CCCc1nn(-c2ncccn2)c2c(=O)n(C)c(-c3cc(S(=O)(=O)N4CCN(CC)CC4)cnc3OCC)nc12. The average Bonchev–Trinajstić information content (AvgIpc) is 3.34. The maximum Gasteiger partial charge on any atom is 0.280 e. The number of nitrogens with zero attached hydrogens (tertiary/aromatic N) is 9. The van der Waals surface area contributed by atoms with Gasteiger partial charge in [-0.1, -0.05) is 20.3 Å². The van der Waals surface area contributed by atoms with E-state index in [0.29, 0.717) is 56.0 Å². The molecule has 1 fully saturated rings. The summed E-state index contributed by atoms with van der Waals surface area (Å²) in [6, 6.07) is 3.18. The van der Waals surface area contributed by atoms with Gasteiger partial charge in [0.25, 0.3) is 11.5 Å². The Labute approximate surface area is 232 Å². The highest BCUT2D eigenvalue weighted by molar-refractivity contribution is 7.89. The number of likely N-dealkylation sites (N-methyl/N-ethyl adjacent to an activating group) is 1. The maximum atomic E-state index is 13.8. The van der Waals surface area contributed by atoms with Crippen LogP contribution in [0.4, 0.5) is 0 Å². The molecule has 4 aromatic rings. The van der Waals surface area contributed by atoms with Crippen LogP contribution in [0.1, 0.15) is 32.9 Å². The van der Waals surface area contributed by atoms with Crippen LogP contribution in [0.3, 0.4) is 0 Å². The number of hydrogen-bond acceptors (Lipinski definition) is 10. The van der Waals surface area contributed by atoms with Crippen molar-refractivity contribution in [1.29, 1.82) is 0 Å². The van der Waals surface area contributed by atoms with Crippen LogP contribution in [0.15, 0.2) is 40.4 Å². The second-order valence-corrected chi connectivity index (χ2v) is 11.4. The first-order chi connectivity index (χ1) is 19.3. The number of aromatic nitrogens is 7. The van der Waals surface area contributed by atoms with Crippen molar-refractivity contribution in [2.45, 2.75) is 38.5 Å². The normalized spacial score (nSPS) is 15.1. The fraction of sp³-hybridized carbons (Fsp3) is 0.462. The van der Waals surface area contributed by atoms with Crippen molar-refractivity contribution >= 4 is 21.1 Å². The molecule has 1 aliphatic rings. The van der Waals surface area contributed by atoms with Crippen molar-refractivity contribution in [3.05, 3.63) is 46.8 Å². The Kier molecular flexibility index (Phi) is 7.92. The van der Waals surface area contributed by atoms with Crippen LogP contribution < -0.4 is 10.3 Å². The minimum absolute atomic E-state index is 0.0207. The van der Waals surface area contributed by atoms with E-state index in [4.69, 9.17) is 9.72 Å². The second kappa shape index (κ2) is 11.4. The Balaban J connectivity index is 1.68. The van der Waals surface area contributed by atoms with Gasteiger partial charge in [-0.25, -0.2) is 28.4 Å². The molecule has 0 atom stereocenters. The molecule has 0 unspecified atom stereocenters. The third kappa shape index (κ3) is 4.97. The summed E-state index contributed by atoms with van der Waals surface area (Å²) in [7, 11) is -2.25. The van der Waals surface area contributed by atoms with Crippen molar-refractivity contribution in [2.24, 2.45) is 7.05 Å². The predicted octanol–water partition coefficient (Wildman–Crippen LogP) is 1.65. The first-order valence-electron chi connectivity index (χ1n) is 13.4. The summed E-state index contributed by atoms with van der Waals surface area (Å²) in [5, 5.41) is 4.64. The van der Waals surface area contributed by atoms with Gasteiger partial charge in [0.05, 0.1) is 24.1 Å². The van der Waals surface area contributed by atoms with E-state index in [-0.39, 0.29) is 33.6 Å². The number of sulfonamides is 1. The molecule has 0 N–H and O–H groups in total. The highest BCUT2D eigenvalue weighted by Gasteiger charge is 2.30. The van der Waals surface area contributed by atoms with Crippen molar-refractivity contribution in [1.82, 2.24) is 43.5 Å². The molecule has 1 saturated heterocycles. The first kappa shape index (κ1) is 27.8. The lowest BCUT2D eigenvalue weighted by atomic mass is 10.2. The number of hydrogen-bond donors (Lipinski definition) is 0. The van der Waals surface area contributed by atoms with Crippen LogP contribution in [-0.2, 0) is 23.5 Å². The Morgan fingerprint density at radius 3 is 2.40 bits per heavy atom. The third-order valence-corrected chi connectivity index (χ3v) is 8.83. The summed E-state index contributed by atoms with van der Waals surface area (Å²) in [4.78, 5) is 33.8. The van der Waals surface area contributed by atoms with Gasteiger partial charge in [0.15, 0.2) is 5.52 Å². The van der Waals surface area contributed by atoms with Crippen molar-refractivity contribution in [2.75, 3.05) is 39.3 Å². The number of aryl methyl sites for hydroxylation is 1. The predicted molar refractivity (Wildman–Crippen MR) is 149 cm³/mol. The molecule has 5 rings (SSSR count). The topological polar surface area (TPSA) is 141 Å². The zero-order chi connectivity index (χ0) is 28.4. The summed E-state index contributed by atoms with van der Waals surface area (Å²) in [6.07, 6.45) is 5.81. The highest BCUT2D eigenvalue weighted by atomic mass is 32.2. The van der Waals surface area contributed by atoms with Gasteiger partial charge in [0, 0.05) is 45.6 Å². The molecule has 0 spiro atoms. The summed E-state index contributed by atoms with van der Waals surface area (Å²) in [5.41, 5.74) is 1.19. The molecular formula is C26H33N9O4S. The zero-order valence-corrected chi connectivity index (χ0v) is 23.9. The van der Waals surface area contributed by atoms with Gasteiger partial charge < -0.3 is 9.64 Å². The lowest BCUT2D eigenvalue weighted by molar-refractivity contribution is 0.196. The molecule has 40 heavy (non-hydrogen) atoms. The summed E-state index contributed by atoms with van der Waals surface area (Å²) in [6.45, 7) is 9.15. The largest absolute Gasteiger partial charge is 0.477 e. The fourth-order valence-corrected chi connectivity index (χ4v) is 6.21. The smallest absolute Gasteiger partial charge is 0.280 e. The number of pyridine rings is 1. The molecule has 0 amide bonds. The quantitative estimate of drug-likeness (QED) is 0.293. The van der Waals surface area contributed by atoms with Crippen LogP contribution >= 0.6 is 0 Å². The Morgan fingerprint density at radius 1 is 1.02 bits per heavy atom. The number of rotatable bonds is 9. The third-order valence-electron chi connectivity index (χ3n) is 6.97. The molecule has 5 heterocycles. The Morgan fingerprint density at radius 2 is 1.75 bits per heavy atom. The molecule has 1 aliphatic heterocycles. The lowest BCUT2D eigenvalue weighted by Crippen LogP contribution is -2.48. The molecule has 0 saturated carbocycles. The molecule has 13 nitrogen and oxygen atoms in total. The van der Waals surface area contributed by atoms with E-state index in [2.05, 4.69) is 31.9 Å². The maximum absolute atomic E-state index is 13.8. The molecule has 0 radical (unpaired) electrons. The van der Waals surface area contributed by atoms with Crippen LogP contribution in [-0.4, -0.2) is 91.2 Å². The molecular weight excluding hydrogens is 534 g/mol. The fourth-order valence-electron chi connectivity index (χ4n) is 4.81. The van der Waals surface area contributed by atoms with Gasteiger partial charge >= 0.3 is 0 Å². The lowest BCUT2D eigenvalue weighted by Gasteiger charge is -2.33.